The van der Waals surface area contributed by atoms with Gasteiger partial charge in [-0.2, -0.15) is 0 Å². The lowest BCUT2D eigenvalue weighted by molar-refractivity contribution is -0.158. The molecule has 0 fully saturated rings. The summed E-state index contributed by atoms with van der Waals surface area (Å²) in [5.41, 5.74) is 2.75. The van der Waals surface area contributed by atoms with Gasteiger partial charge in [0.25, 0.3) is 0 Å². The minimum Gasteiger partial charge on any atom is -0.455 e. The third-order valence-electron chi connectivity index (χ3n) is 8.31. The zero-order valence-corrected chi connectivity index (χ0v) is 26.6. The summed E-state index contributed by atoms with van der Waals surface area (Å²) in [5.74, 6) is -1.87. The van der Waals surface area contributed by atoms with E-state index in [1.54, 1.807) is 12.0 Å². The molecule has 8 nitrogen and oxygen atoms in total. The fourth-order valence-corrected chi connectivity index (χ4v) is 5.83. The minimum atomic E-state index is -0.797. The fourth-order valence-electron chi connectivity index (χ4n) is 5.83. The summed E-state index contributed by atoms with van der Waals surface area (Å²) in [4.78, 5) is 42.9. The molecule has 0 saturated heterocycles. The number of benzene rings is 3. The van der Waals surface area contributed by atoms with E-state index in [1.165, 1.54) is 0 Å². The molecule has 4 rings (SSSR count). The van der Waals surface area contributed by atoms with Crippen LogP contribution in [0.5, 0.6) is 0 Å². The van der Waals surface area contributed by atoms with Crippen LogP contribution in [0.25, 0.3) is 0 Å². The maximum Gasteiger partial charge on any atom is 0.309 e. The van der Waals surface area contributed by atoms with Crippen molar-refractivity contribution in [3.63, 3.8) is 0 Å². The van der Waals surface area contributed by atoms with Crippen molar-refractivity contribution in [2.75, 3.05) is 26.9 Å². The maximum atomic E-state index is 13.9. The van der Waals surface area contributed by atoms with Crippen molar-refractivity contribution in [2.24, 2.45) is 11.8 Å². The minimum absolute atomic E-state index is 0.0301. The molecular weight excluding hydrogens is 580 g/mol. The van der Waals surface area contributed by atoms with Gasteiger partial charge in [-0.25, -0.2) is 0 Å². The van der Waals surface area contributed by atoms with Gasteiger partial charge >= 0.3 is 5.97 Å². The summed E-state index contributed by atoms with van der Waals surface area (Å²) in [5, 5.41) is 12.8. The quantitative estimate of drug-likeness (QED) is 0.218. The first-order chi connectivity index (χ1) is 22.5. The second-order valence-corrected chi connectivity index (χ2v) is 11.8. The molecule has 3 aromatic rings. The standard InChI is InChI=1S/C38H46N2O6/c1-45-28-34-36(31-19-13-6-14-20-31)46-38(44)33(25-29-15-7-4-8-16-29)22-12-3-2-11-21-32(37(43)39-34)26-35(42)40(23-24-41)27-30-17-9-5-10-18-30/h2,4-11,13-20,32-34,36,41H,3,12,21-28H2,1H3,(H,39,43). The number of carbonyl (C=O) groups is 3. The number of cyclic esters (lactones) is 1. The molecule has 0 saturated carbocycles. The number of amides is 2. The van der Waals surface area contributed by atoms with Gasteiger partial charge in [0.1, 0.15) is 6.10 Å². The Morgan fingerprint density at radius 2 is 1.57 bits per heavy atom. The van der Waals surface area contributed by atoms with Crippen molar-refractivity contribution in [2.45, 2.75) is 57.2 Å². The second kappa shape index (κ2) is 18.6. The summed E-state index contributed by atoms with van der Waals surface area (Å²) in [7, 11) is 1.54. The first-order valence-corrected chi connectivity index (χ1v) is 16.1. The molecule has 0 radical (unpaired) electrons. The van der Waals surface area contributed by atoms with Gasteiger partial charge in [0.05, 0.1) is 31.1 Å². The van der Waals surface area contributed by atoms with E-state index in [9.17, 15) is 19.5 Å². The van der Waals surface area contributed by atoms with E-state index in [-0.39, 0.29) is 49.9 Å². The third kappa shape index (κ3) is 10.7. The SMILES string of the molecule is COCC1NC(=O)C(CC(=O)N(CCO)Cc2ccccc2)CC=CCCCC(Cc2ccccc2)C(=O)OC1c1ccccc1. The number of nitrogens with zero attached hydrogens (tertiary/aromatic N) is 1. The average molecular weight is 627 g/mol. The zero-order valence-electron chi connectivity index (χ0n) is 26.6. The number of allylic oxidation sites excluding steroid dienone is 2. The Kier molecular flexibility index (Phi) is 14.0. The largest absolute Gasteiger partial charge is 0.455 e. The van der Waals surface area contributed by atoms with Gasteiger partial charge in [-0.1, -0.05) is 103 Å². The van der Waals surface area contributed by atoms with Crippen LogP contribution < -0.4 is 5.32 Å². The average Bonchev–Trinajstić information content (AvgIpc) is 3.08. The number of aliphatic hydroxyl groups is 1. The van der Waals surface area contributed by atoms with Gasteiger partial charge in [-0.15, -0.1) is 0 Å². The van der Waals surface area contributed by atoms with Gasteiger partial charge < -0.3 is 24.8 Å². The van der Waals surface area contributed by atoms with Gasteiger partial charge in [-0.05, 0) is 48.8 Å². The van der Waals surface area contributed by atoms with Gasteiger partial charge in [0.2, 0.25) is 11.8 Å². The Morgan fingerprint density at radius 3 is 2.22 bits per heavy atom. The van der Waals surface area contributed by atoms with Crippen LogP contribution in [0.2, 0.25) is 0 Å². The normalized spacial score (nSPS) is 21.1. The first kappa shape index (κ1) is 34.6. The molecule has 4 atom stereocenters. The molecule has 1 aliphatic heterocycles. The van der Waals surface area contributed by atoms with Crippen LogP contribution in [-0.2, 0) is 36.8 Å². The lowest BCUT2D eigenvalue weighted by atomic mass is 9.92. The molecule has 2 N–H and O–H groups in total. The molecule has 46 heavy (non-hydrogen) atoms. The Balaban J connectivity index is 1.60. The summed E-state index contributed by atoms with van der Waals surface area (Å²) >= 11 is 0. The molecule has 1 heterocycles. The van der Waals surface area contributed by atoms with Crippen LogP contribution in [0.1, 0.15) is 54.9 Å². The highest BCUT2D eigenvalue weighted by atomic mass is 16.5. The molecule has 2 amide bonds. The maximum absolute atomic E-state index is 13.9. The third-order valence-corrected chi connectivity index (χ3v) is 8.31. The number of nitrogens with one attached hydrogen (secondary N) is 1. The fraction of sp³-hybridized carbons (Fsp3) is 0.395. The second-order valence-electron chi connectivity index (χ2n) is 11.8. The Morgan fingerprint density at radius 1 is 0.913 bits per heavy atom. The molecule has 4 unspecified atom stereocenters. The topological polar surface area (TPSA) is 105 Å². The van der Waals surface area contributed by atoms with Crippen molar-refractivity contribution in [3.8, 4) is 0 Å². The highest BCUT2D eigenvalue weighted by Crippen LogP contribution is 2.27. The Bertz CT molecular complexity index is 1380. The number of hydrogen-bond donors (Lipinski definition) is 2. The van der Waals surface area contributed by atoms with Crippen LogP contribution >= 0.6 is 0 Å². The van der Waals surface area contributed by atoms with Gasteiger partial charge in [0, 0.05) is 26.6 Å². The number of carbonyl (C=O) groups excluding carboxylic acids is 3. The molecule has 3 aromatic carbocycles. The van der Waals surface area contributed by atoms with E-state index < -0.39 is 18.1 Å². The van der Waals surface area contributed by atoms with Crippen LogP contribution in [0.4, 0.5) is 0 Å². The first-order valence-electron chi connectivity index (χ1n) is 16.1. The predicted molar refractivity (Wildman–Crippen MR) is 177 cm³/mol. The smallest absolute Gasteiger partial charge is 0.309 e. The van der Waals surface area contributed by atoms with E-state index in [2.05, 4.69) is 5.32 Å². The number of methoxy groups -OCH3 is 1. The molecule has 8 heteroatoms. The van der Waals surface area contributed by atoms with E-state index >= 15 is 0 Å². The van der Waals surface area contributed by atoms with Crippen LogP contribution in [-0.4, -0.2) is 60.7 Å². The number of esters is 1. The van der Waals surface area contributed by atoms with Crippen molar-refractivity contribution in [1.82, 2.24) is 10.2 Å². The molecule has 0 aliphatic carbocycles. The van der Waals surface area contributed by atoms with Crippen molar-refractivity contribution in [1.29, 1.82) is 0 Å². The summed E-state index contributed by atoms with van der Waals surface area (Å²) in [6, 6.07) is 28.2. The monoisotopic (exact) mass is 626 g/mol. The zero-order chi connectivity index (χ0) is 32.6. The lowest BCUT2D eigenvalue weighted by Crippen LogP contribution is -2.47. The molecule has 1 aliphatic rings. The van der Waals surface area contributed by atoms with E-state index in [1.807, 2.05) is 103 Å². The van der Waals surface area contributed by atoms with Crippen molar-refractivity contribution in [3.05, 3.63) is 120 Å². The molecular formula is C38H46N2O6. The van der Waals surface area contributed by atoms with E-state index in [4.69, 9.17) is 9.47 Å². The van der Waals surface area contributed by atoms with Crippen LogP contribution in [0.3, 0.4) is 0 Å². The summed E-state index contributed by atoms with van der Waals surface area (Å²) < 4.78 is 11.8. The number of aliphatic hydroxyl groups excluding tert-OH is 1. The van der Waals surface area contributed by atoms with Crippen molar-refractivity contribution >= 4 is 17.8 Å². The van der Waals surface area contributed by atoms with Crippen LogP contribution in [0, 0.1) is 11.8 Å². The number of ether oxygens (including phenoxy) is 2. The van der Waals surface area contributed by atoms with E-state index in [0.29, 0.717) is 25.8 Å². The highest BCUT2D eigenvalue weighted by Gasteiger charge is 2.34. The molecule has 0 bridgehead atoms. The van der Waals surface area contributed by atoms with Crippen molar-refractivity contribution < 1.29 is 29.0 Å². The van der Waals surface area contributed by atoms with E-state index in [0.717, 1.165) is 29.5 Å². The molecule has 244 valence electrons. The number of rotatable bonds is 11. The summed E-state index contributed by atoms with van der Waals surface area (Å²) in [6.45, 7) is 0.428. The lowest BCUT2D eigenvalue weighted by Gasteiger charge is -2.31. The Labute approximate surface area is 272 Å². The highest BCUT2D eigenvalue weighted by molar-refractivity contribution is 5.86. The Hall–Kier alpha value is -4.27. The predicted octanol–water partition coefficient (Wildman–Crippen LogP) is 5.42. The summed E-state index contributed by atoms with van der Waals surface area (Å²) in [6.07, 6.45) is 6.25. The van der Waals surface area contributed by atoms with Gasteiger partial charge in [-0.3, -0.25) is 14.4 Å². The number of hydrogen-bond acceptors (Lipinski definition) is 6. The molecule has 0 spiro atoms. The van der Waals surface area contributed by atoms with Crippen LogP contribution in [0.15, 0.2) is 103 Å². The van der Waals surface area contributed by atoms with Gasteiger partial charge in [0.15, 0.2) is 0 Å². The molecule has 0 aromatic heterocycles.